The van der Waals surface area contributed by atoms with E-state index in [2.05, 4.69) is 44.2 Å². The average molecular weight is 344 g/mol. The molecule has 0 unspecified atom stereocenters. The Balaban J connectivity index is 1.27. The highest BCUT2D eigenvalue weighted by Gasteiger charge is 2.24. The van der Waals surface area contributed by atoms with Crippen LogP contribution in [-0.4, -0.2) is 59.6 Å². The molecule has 1 saturated heterocycles. The number of ether oxygens (including phenoxy) is 2. The van der Waals surface area contributed by atoms with Gasteiger partial charge in [0.15, 0.2) is 11.5 Å². The summed E-state index contributed by atoms with van der Waals surface area (Å²) in [5.74, 6) is 2.79. The standard InChI is InChI=1S/C17H24N6O2/c1-22(7-4-12-2-3-14-15(10-12)25-11-24-14)13-5-8-23(9-6-13)17-19-16(18)20-21-17/h2-3,10,13H,4-9,11H2,1H3,(H3,18,19,20,21). The first-order chi connectivity index (χ1) is 12.2. The first kappa shape index (κ1) is 16.0. The van der Waals surface area contributed by atoms with E-state index in [0.717, 1.165) is 56.3 Å². The fraction of sp³-hybridized carbons (Fsp3) is 0.529. The fourth-order valence-electron chi connectivity index (χ4n) is 3.51. The van der Waals surface area contributed by atoms with Crippen LogP contribution in [0.25, 0.3) is 0 Å². The zero-order valence-corrected chi connectivity index (χ0v) is 14.4. The number of aromatic nitrogens is 3. The molecule has 3 heterocycles. The van der Waals surface area contributed by atoms with E-state index in [0.29, 0.717) is 18.8 Å². The van der Waals surface area contributed by atoms with Gasteiger partial charge in [0, 0.05) is 25.7 Å². The SMILES string of the molecule is CN(CCc1ccc2c(c1)OCO2)C1CCN(c2nc(N)n[nH]2)CC1. The lowest BCUT2D eigenvalue weighted by Gasteiger charge is -2.36. The Labute approximate surface area is 146 Å². The predicted octanol–water partition coefficient (Wildman–Crippen LogP) is 1.26. The number of nitrogens with two attached hydrogens (primary N) is 1. The minimum absolute atomic E-state index is 0.304. The topological polar surface area (TPSA) is 92.5 Å². The highest BCUT2D eigenvalue weighted by molar-refractivity contribution is 5.44. The molecule has 0 radical (unpaired) electrons. The van der Waals surface area contributed by atoms with E-state index in [1.165, 1.54) is 5.56 Å². The van der Waals surface area contributed by atoms with Gasteiger partial charge >= 0.3 is 0 Å². The molecule has 8 nitrogen and oxygen atoms in total. The summed E-state index contributed by atoms with van der Waals surface area (Å²) in [7, 11) is 2.21. The van der Waals surface area contributed by atoms with Crippen LogP contribution in [0.4, 0.5) is 11.9 Å². The molecular weight excluding hydrogens is 320 g/mol. The number of H-pyrrole nitrogens is 1. The van der Waals surface area contributed by atoms with Gasteiger partial charge in [0.2, 0.25) is 18.7 Å². The van der Waals surface area contributed by atoms with Gasteiger partial charge in [-0.25, -0.2) is 5.10 Å². The van der Waals surface area contributed by atoms with Gasteiger partial charge in [0.25, 0.3) is 0 Å². The van der Waals surface area contributed by atoms with Gasteiger partial charge in [-0.3, -0.25) is 0 Å². The number of likely N-dealkylation sites (N-methyl/N-ethyl adjacent to an activating group) is 1. The van der Waals surface area contributed by atoms with E-state index in [1.54, 1.807) is 0 Å². The molecule has 3 N–H and O–H groups in total. The van der Waals surface area contributed by atoms with Crippen LogP contribution in [0.5, 0.6) is 11.5 Å². The van der Waals surface area contributed by atoms with E-state index in [4.69, 9.17) is 15.2 Å². The summed E-state index contributed by atoms with van der Waals surface area (Å²) >= 11 is 0. The second kappa shape index (κ2) is 6.79. The van der Waals surface area contributed by atoms with Crippen molar-refractivity contribution in [3.8, 4) is 11.5 Å². The van der Waals surface area contributed by atoms with Crippen molar-refractivity contribution in [1.29, 1.82) is 0 Å². The molecule has 1 aromatic heterocycles. The van der Waals surface area contributed by atoms with Gasteiger partial charge in [-0.1, -0.05) is 6.07 Å². The molecule has 25 heavy (non-hydrogen) atoms. The summed E-state index contributed by atoms with van der Waals surface area (Å²) in [6, 6.07) is 6.80. The molecule has 0 amide bonds. The van der Waals surface area contributed by atoms with E-state index in [1.807, 2.05) is 6.07 Å². The maximum Gasteiger partial charge on any atom is 0.241 e. The first-order valence-corrected chi connectivity index (χ1v) is 8.70. The zero-order chi connectivity index (χ0) is 17.2. The third kappa shape index (κ3) is 3.48. The Bertz CT molecular complexity index is 726. The maximum absolute atomic E-state index is 5.58. The molecule has 2 aromatic rings. The molecule has 2 aliphatic heterocycles. The van der Waals surface area contributed by atoms with Gasteiger partial charge in [-0.2, -0.15) is 4.98 Å². The lowest BCUT2D eigenvalue weighted by Crippen LogP contribution is -2.44. The van der Waals surface area contributed by atoms with Crippen LogP contribution in [0.2, 0.25) is 0 Å². The predicted molar refractivity (Wildman–Crippen MR) is 94.9 cm³/mol. The molecule has 1 fully saturated rings. The van der Waals surface area contributed by atoms with Crippen LogP contribution < -0.4 is 20.1 Å². The molecule has 2 aliphatic rings. The summed E-state index contributed by atoms with van der Waals surface area (Å²) in [5, 5.41) is 6.79. The summed E-state index contributed by atoms with van der Waals surface area (Å²) in [6.45, 7) is 3.29. The molecule has 0 aliphatic carbocycles. The van der Waals surface area contributed by atoms with Gasteiger partial charge in [0.05, 0.1) is 0 Å². The van der Waals surface area contributed by atoms with Crippen molar-refractivity contribution in [2.75, 3.05) is 44.1 Å². The number of nitrogens with zero attached hydrogens (tertiary/aromatic N) is 4. The van der Waals surface area contributed by atoms with Crippen molar-refractivity contribution in [2.45, 2.75) is 25.3 Å². The highest BCUT2D eigenvalue weighted by atomic mass is 16.7. The van der Waals surface area contributed by atoms with Crippen molar-refractivity contribution in [2.24, 2.45) is 0 Å². The zero-order valence-electron chi connectivity index (χ0n) is 14.4. The number of benzene rings is 1. The van der Waals surface area contributed by atoms with Crippen LogP contribution in [0, 0.1) is 0 Å². The average Bonchev–Trinajstić information content (AvgIpc) is 3.28. The van der Waals surface area contributed by atoms with Gasteiger partial charge in [-0.05, 0) is 44.0 Å². The number of rotatable bonds is 5. The second-order valence-corrected chi connectivity index (χ2v) is 6.65. The van der Waals surface area contributed by atoms with Crippen LogP contribution in [0.15, 0.2) is 18.2 Å². The number of piperidine rings is 1. The Morgan fingerprint density at radius 2 is 2.08 bits per heavy atom. The summed E-state index contributed by atoms with van der Waals surface area (Å²) in [4.78, 5) is 8.88. The Morgan fingerprint density at radius 3 is 2.84 bits per heavy atom. The van der Waals surface area contributed by atoms with Gasteiger partial charge in [-0.15, -0.1) is 5.10 Å². The quantitative estimate of drug-likeness (QED) is 0.843. The number of hydrogen-bond donors (Lipinski definition) is 2. The molecule has 8 heteroatoms. The van der Waals surface area contributed by atoms with Crippen molar-refractivity contribution in [3.05, 3.63) is 23.8 Å². The van der Waals surface area contributed by atoms with E-state index in [-0.39, 0.29) is 0 Å². The third-order valence-electron chi connectivity index (χ3n) is 5.07. The van der Waals surface area contributed by atoms with Gasteiger partial charge < -0.3 is 25.0 Å². The summed E-state index contributed by atoms with van der Waals surface area (Å²) in [6.07, 6.45) is 3.22. The van der Waals surface area contributed by atoms with Crippen molar-refractivity contribution >= 4 is 11.9 Å². The van der Waals surface area contributed by atoms with Crippen LogP contribution in [-0.2, 0) is 6.42 Å². The smallest absolute Gasteiger partial charge is 0.241 e. The summed E-state index contributed by atoms with van der Waals surface area (Å²) in [5.41, 5.74) is 6.87. The van der Waals surface area contributed by atoms with E-state index in [9.17, 15) is 0 Å². The minimum Gasteiger partial charge on any atom is -0.454 e. The van der Waals surface area contributed by atoms with Crippen LogP contribution in [0.1, 0.15) is 18.4 Å². The molecule has 0 bridgehead atoms. The van der Waals surface area contributed by atoms with Crippen molar-refractivity contribution in [1.82, 2.24) is 20.1 Å². The number of hydrogen-bond acceptors (Lipinski definition) is 7. The first-order valence-electron chi connectivity index (χ1n) is 8.70. The number of anilines is 2. The molecule has 0 atom stereocenters. The normalized spacial score (nSPS) is 17.4. The van der Waals surface area contributed by atoms with Crippen molar-refractivity contribution in [3.63, 3.8) is 0 Å². The largest absolute Gasteiger partial charge is 0.454 e. The van der Waals surface area contributed by atoms with Crippen LogP contribution >= 0.6 is 0 Å². The number of fused-ring (bicyclic) bond motifs is 1. The van der Waals surface area contributed by atoms with E-state index >= 15 is 0 Å². The lowest BCUT2D eigenvalue weighted by atomic mass is 10.0. The van der Waals surface area contributed by atoms with E-state index < -0.39 is 0 Å². The molecule has 1 aromatic carbocycles. The molecule has 134 valence electrons. The third-order valence-corrected chi connectivity index (χ3v) is 5.07. The lowest BCUT2D eigenvalue weighted by molar-refractivity contribution is 0.174. The fourth-order valence-corrected chi connectivity index (χ4v) is 3.51. The second-order valence-electron chi connectivity index (χ2n) is 6.65. The minimum atomic E-state index is 0.304. The summed E-state index contributed by atoms with van der Waals surface area (Å²) < 4.78 is 10.8. The molecule has 0 saturated carbocycles. The molecule has 4 rings (SSSR count). The maximum atomic E-state index is 5.58. The van der Waals surface area contributed by atoms with Crippen LogP contribution in [0.3, 0.4) is 0 Å². The Kier molecular flexibility index (Phi) is 4.35. The Hall–Kier alpha value is -2.48. The number of nitrogens with one attached hydrogen (secondary N) is 1. The molecule has 0 spiro atoms. The number of nitrogen functional groups attached to an aromatic ring is 1. The highest BCUT2D eigenvalue weighted by Crippen LogP contribution is 2.32. The van der Waals surface area contributed by atoms with Crippen molar-refractivity contribution < 1.29 is 9.47 Å². The number of aromatic amines is 1. The Morgan fingerprint density at radius 1 is 1.28 bits per heavy atom. The molecular formula is C17H24N6O2. The monoisotopic (exact) mass is 344 g/mol. The van der Waals surface area contributed by atoms with Gasteiger partial charge in [0.1, 0.15) is 0 Å².